The predicted molar refractivity (Wildman–Crippen MR) is 93.0 cm³/mol. The smallest absolute Gasteiger partial charge is 0.0886 e. The van der Waals surface area contributed by atoms with Gasteiger partial charge < -0.3 is 12.6 Å². The average molecular weight is 573 g/mol. The standard InChI is InChI=1S/C10H8N2.CHNS.3BrH.Sn/c1-3-7-11-9(5-1)10-6-2-4-8-12-10;2-1-3;;;;/h1-8H;3H;3*1H;/q;;;;;+4/p-4. The van der Waals surface area contributed by atoms with E-state index >= 15 is 0 Å². The summed E-state index contributed by atoms with van der Waals surface area (Å²) < 4.78 is 0. The molecule has 0 radical (unpaired) electrons. The maximum absolute atomic E-state index is 7.13. The minimum atomic E-state index is -1.11. The molecule has 0 fully saturated rings. The zero-order valence-corrected chi connectivity index (χ0v) is 17.9. The van der Waals surface area contributed by atoms with Gasteiger partial charge in [-0.1, -0.05) is 17.5 Å². The summed E-state index contributed by atoms with van der Waals surface area (Å²) in [5.41, 5.74) is 1.83. The molecule has 0 amide bonds. The first-order valence-electron chi connectivity index (χ1n) is 4.79. The molecule has 98 valence electrons. The second-order valence-corrected chi connectivity index (χ2v) is 41.5. The van der Waals surface area contributed by atoms with Gasteiger partial charge in [-0.3, -0.25) is 9.97 Å². The van der Waals surface area contributed by atoms with Crippen LogP contribution in [0.3, 0.4) is 0 Å². The Kier molecular flexibility index (Phi) is 13.4. The summed E-state index contributed by atoms with van der Waals surface area (Å²) >= 11 is 12.5. The van der Waals surface area contributed by atoms with E-state index in [1.54, 1.807) is 12.4 Å². The van der Waals surface area contributed by atoms with Crippen LogP contribution >= 0.6 is 38.1 Å². The number of aromatic nitrogens is 2. The first-order chi connectivity index (χ1) is 9.11. The van der Waals surface area contributed by atoms with Gasteiger partial charge in [-0.25, -0.2) is 5.26 Å². The number of pyridine rings is 2. The Bertz CT molecular complexity index is 439. The van der Waals surface area contributed by atoms with E-state index in [2.05, 4.69) is 60.7 Å². The topological polar surface area (TPSA) is 49.6 Å². The van der Waals surface area contributed by atoms with E-state index < -0.39 is 13.1 Å². The molecule has 19 heavy (non-hydrogen) atoms. The van der Waals surface area contributed by atoms with E-state index in [4.69, 9.17) is 5.26 Å². The largest absolute Gasteiger partial charge is 0.255 e. The molecule has 8 heteroatoms. The van der Waals surface area contributed by atoms with Crippen molar-refractivity contribution in [3.63, 3.8) is 0 Å². The second-order valence-electron chi connectivity index (χ2n) is 2.74. The fourth-order valence-corrected chi connectivity index (χ4v) is 1.03. The summed E-state index contributed by atoms with van der Waals surface area (Å²) in [5.74, 6) is 0. The first kappa shape index (κ1) is 19.2. The van der Waals surface area contributed by atoms with Crippen molar-refractivity contribution in [1.82, 2.24) is 9.97 Å². The van der Waals surface area contributed by atoms with Crippen LogP contribution in [0.5, 0.6) is 0 Å². The van der Waals surface area contributed by atoms with E-state index in [-0.39, 0.29) is 0 Å². The molecule has 0 bridgehead atoms. The molecular weight excluding hydrogens is 565 g/mol. The Morgan fingerprint density at radius 1 is 0.947 bits per heavy atom. The van der Waals surface area contributed by atoms with Gasteiger partial charge in [0.1, 0.15) is 0 Å². The number of nitrogens with zero attached hydrogens (tertiary/aromatic N) is 3. The Labute approximate surface area is 143 Å². The van der Waals surface area contributed by atoms with Gasteiger partial charge >= 0.3 is 51.2 Å². The van der Waals surface area contributed by atoms with Gasteiger partial charge in [0, 0.05) is 12.4 Å². The molecule has 2 aromatic heterocycles. The van der Waals surface area contributed by atoms with Crippen LogP contribution in [0.15, 0.2) is 48.8 Å². The van der Waals surface area contributed by atoms with Crippen LogP contribution in [-0.2, 0) is 12.6 Å². The van der Waals surface area contributed by atoms with Crippen LogP contribution < -0.4 is 0 Å². The molecule has 0 N–H and O–H groups in total. The third-order valence-electron chi connectivity index (χ3n) is 1.59. The zero-order chi connectivity index (χ0) is 14.5. The van der Waals surface area contributed by atoms with Crippen molar-refractivity contribution in [2.24, 2.45) is 0 Å². The van der Waals surface area contributed by atoms with Crippen LogP contribution in [0, 0.1) is 10.7 Å². The van der Waals surface area contributed by atoms with Gasteiger partial charge in [0.05, 0.1) is 11.4 Å². The molecule has 0 spiro atoms. The SMILES string of the molecule is N#C[S-].[Br][Sn+]([Br])[Br].c1ccc(-c2ccccn2)nc1. The molecule has 0 atom stereocenters. The number of nitriles is 1. The molecule has 2 rings (SSSR count). The molecule has 0 saturated heterocycles. The van der Waals surface area contributed by atoms with Crippen molar-refractivity contribution in [2.75, 3.05) is 0 Å². The molecule has 2 aromatic rings. The zero-order valence-electron chi connectivity index (χ0n) is 9.50. The van der Waals surface area contributed by atoms with Crippen LogP contribution in [0.4, 0.5) is 0 Å². The van der Waals surface area contributed by atoms with Crippen LogP contribution in [-0.4, -0.2) is 23.1 Å². The minimum Gasteiger partial charge on any atom is -0.255 e. The normalized spacial score (nSPS) is 7.89. The van der Waals surface area contributed by atoms with Crippen molar-refractivity contribution in [2.45, 2.75) is 0 Å². The first-order valence-corrected chi connectivity index (χ1v) is 24.4. The Morgan fingerprint density at radius 2 is 1.26 bits per heavy atom. The van der Waals surface area contributed by atoms with Gasteiger partial charge in [0.25, 0.3) is 0 Å². The van der Waals surface area contributed by atoms with E-state index in [0.717, 1.165) is 11.4 Å². The molecule has 0 unspecified atom stereocenters. The quantitative estimate of drug-likeness (QED) is 0.290. The fraction of sp³-hybridized carbons (Fsp3) is 0. The monoisotopic (exact) mass is 571 g/mol. The summed E-state index contributed by atoms with van der Waals surface area (Å²) in [5, 5.41) is 8.47. The Hall–Kier alpha value is 0.249. The van der Waals surface area contributed by atoms with Crippen LogP contribution in [0.2, 0.25) is 0 Å². The van der Waals surface area contributed by atoms with Crippen molar-refractivity contribution < 1.29 is 0 Å². The number of hydrogen-bond donors (Lipinski definition) is 0. The molecule has 0 aromatic carbocycles. The van der Waals surface area contributed by atoms with Crippen molar-refractivity contribution >= 4 is 63.8 Å². The summed E-state index contributed by atoms with van der Waals surface area (Å²) in [6, 6.07) is 11.6. The predicted octanol–water partition coefficient (Wildman–Crippen LogP) is 4.31. The van der Waals surface area contributed by atoms with Crippen molar-refractivity contribution in [3.8, 4) is 16.8 Å². The molecular formula is C11H8Br3N3SSn. The van der Waals surface area contributed by atoms with Crippen LogP contribution in [0.25, 0.3) is 11.4 Å². The Morgan fingerprint density at radius 3 is 1.47 bits per heavy atom. The Balaban J connectivity index is 0.000000393. The summed E-state index contributed by atoms with van der Waals surface area (Å²) in [6.45, 7) is 0. The maximum Gasteiger partial charge on any atom is 0.0886 e. The molecule has 2 heterocycles. The molecule has 3 nitrogen and oxygen atoms in total. The molecule has 0 aliphatic carbocycles. The van der Waals surface area contributed by atoms with Crippen molar-refractivity contribution in [1.29, 1.82) is 5.26 Å². The molecule has 0 saturated carbocycles. The molecule has 0 aliphatic rings. The van der Waals surface area contributed by atoms with Gasteiger partial charge in [-0.15, -0.1) is 0 Å². The minimum absolute atomic E-state index is 0.915. The third kappa shape index (κ3) is 11.8. The summed E-state index contributed by atoms with van der Waals surface area (Å²) in [6.07, 6.45) is 3.54. The van der Waals surface area contributed by atoms with Gasteiger partial charge in [-0.05, 0) is 24.3 Å². The van der Waals surface area contributed by atoms with E-state index in [1.165, 1.54) is 5.40 Å². The van der Waals surface area contributed by atoms with Crippen molar-refractivity contribution in [3.05, 3.63) is 48.8 Å². The fourth-order valence-electron chi connectivity index (χ4n) is 1.03. The van der Waals surface area contributed by atoms with Gasteiger partial charge in [0.2, 0.25) is 0 Å². The van der Waals surface area contributed by atoms with E-state index in [1.807, 2.05) is 36.4 Å². The summed E-state index contributed by atoms with van der Waals surface area (Å²) in [4.78, 5) is 8.37. The number of thiocyanates is 1. The number of hydrogen-bond acceptors (Lipinski definition) is 4. The third-order valence-corrected chi connectivity index (χ3v) is 1.59. The molecule has 0 aliphatic heterocycles. The van der Waals surface area contributed by atoms with Gasteiger partial charge in [-0.2, -0.15) is 0 Å². The average Bonchev–Trinajstić information content (AvgIpc) is 2.41. The number of halogens is 3. The van der Waals surface area contributed by atoms with Gasteiger partial charge in [0.15, 0.2) is 0 Å². The second kappa shape index (κ2) is 13.2. The van der Waals surface area contributed by atoms with Crippen LogP contribution in [0.1, 0.15) is 0 Å². The number of rotatable bonds is 1. The maximum atomic E-state index is 7.13. The van der Waals surface area contributed by atoms with E-state index in [9.17, 15) is 0 Å². The summed E-state index contributed by atoms with van der Waals surface area (Å²) in [7, 11) is 0. The van der Waals surface area contributed by atoms with E-state index in [0.29, 0.717) is 0 Å².